The number of nitrogens with two attached hydrogens (primary N) is 1. The van der Waals surface area contributed by atoms with Crippen LogP contribution < -0.4 is 5.73 Å². The molecule has 2 rings (SSSR count). The highest BCUT2D eigenvalue weighted by atomic mass is 19.1. The summed E-state index contributed by atoms with van der Waals surface area (Å²) in [5.41, 5.74) is 7.15. The molecular weight excluding hydrogens is 193 g/mol. The normalized spacial score (nSPS) is 17.8. The van der Waals surface area contributed by atoms with Crippen molar-refractivity contribution in [3.05, 3.63) is 35.1 Å². The van der Waals surface area contributed by atoms with E-state index in [0.717, 1.165) is 12.8 Å². The Kier molecular flexibility index (Phi) is 2.76. The molecule has 0 saturated heterocycles. The fourth-order valence-corrected chi connectivity index (χ4v) is 1.75. The number of methoxy groups -OCH3 is 1. The van der Waals surface area contributed by atoms with Crippen LogP contribution in [0.1, 0.15) is 24.0 Å². The van der Waals surface area contributed by atoms with Crippen LogP contribution in [0.4, 0.5) is 4.39 Å². The lowest BCUT2D eigenvalue weighted by Crippen LogP contribution is -2.25. The van der Waals surface area contributed by atoms with Gasteiger partial charge in [-0.25, -0.2) is 4.39 Å². The Labute approximate surface area is 89.2 Å². The molecule has 1 aromatic carbocycles. The maximum absolute atomic E-state index is 13.9. The maximum Gasteiger partial charge on any atom is 0.131 e. The van der Waals surface area contributed by atoms with Crippen LogP contribution in [0, 0.1) is 5.82 Å². The van der Waals surface area contributed by atoms with Gasteiger partial charge in [0.15, 0.2) is 0 Å². The molecule has 0 unspecified atom stereocenters. The van der Waals surface area contributed by atoms with Gasteiger partial charge in [0.1, 0.15) is 5.82 Å². The van der Waals surface area contributed by atoms with Crippen LogP contribution in [-0.2, 0) is 17.8 Å². The highest BCUT2D eigenvalue weighted by Crippen LogP contribution is 2.36. The average molecular weight is 209 g/mol. The molecule has 1 saturated carbocycles. The van der Waals surface area contributed by atoms with Gasteiger partial charge < -0.3 is 10.5 Å². The first kappa shape index (κ1) is 10.6. The summed E-state index contributed by atoms with van der Waals surface area (Å²) in [4.78, 5) is 0. The van der Waals surface area contributed by atoms with Gasteiger partial charge in [-0.1, -0.05) is 18.2 Å². The molecule has 0 aliphatic heterocycles. The van der Waals surface area contributed by atoms with E-state index in [-0.39, 0.29) is 11.4 Å². The van der Waals surface area contributed by atoms with Crippen molar-refractivity contribution in [2.45, 2.75) is 31.4 Å². The van der Waals surface area contributed by atoms with E-state index in [4.69, 9.17) is 10.5 Å². The molecule has 15 heavy (non-hydrogen) atoms. The van der Waals surface area contributed by atoms with E-state index in [1.165, 1.54) is 0 Å². The molecule has 0 amide bonds. The fraction of sp³-hybridized carbons (Fsp3) is 0.500. The Bertz CT molecular complexity index is 361. The Morgan fingerprint density at radius 2 is 2.07 bits per heavy atom. The molecule has 2 N–H and O–H groups in total. The molecular formula is C12H16FNO. The molecule has 0 bridgehead atoms. The number of ether oxygens (including phenoxy) is 1. The zero-order chi connectivity index (χ0) is 10.9. The van der Waals surface area contributed by atoms with Crippen molar-refractivity contribution in [2.24, 2.45) is 5.73 Å². The Morgan fingerprint density at radius 3 is 2.67 bits per heavy atom. The lowest BCUT2D eigenvalue weighted by Gasteiger charge is -2.11. The summed E-state index contributed by atoms with van der Waals surface area (Å²) < 4.78 is 18.8. The molecule has 82 valence electrons. The maximum atomic E-state index is 13.9. The molecule has 1 aliphatic rings. The van der Waals surface area contributed by atoms with Gasteiger partial charge in [-0.15, -0.1) is 0 Å². The fourth-order valence-electron chi connectivity index (χ4n) is 1.75. The Morgan fingerprint density at radius 1 is 1.40 bits per heavy atom. The lowest BCUT2D eigenvalue weighted by atomic mass is 10.0. The van der Waals surface area contributed by atoms with E-state index < -0.39 is 0 Å². The number of hydrogen-bond donors (Lipinski definition) is 1. The van der Waals surface area contributed by atoms with Gasteiger partial charge in [0.2, 0.25) is 0 Å². The third-order valence-electron chi connectivity index (χ3n) is 2.89. The zero-order valence-electron chi connectivity index (χ0n) is 8.92. The Hall–Kier alpha value is -0.930. The van der Waals surface area contributed by atoms with Crippen LogP contribution in [0.25, 0.3) is 0 Å². The molecule has 0 spiro atoms. The van der Waals surface area contributed by atoms with Crippen LogP contribution in [0.3, 0.4) is 0 Å². The highest BCUT2D eigenvalue weighted by molar-refractivity contribution is 5.28. The largest absolute Gasteiger partial charge is 0.380 e. The summed E-state index contributed by atoms with van der Waals surface area (Å²) >= 11 is 0. The predicted octanol–water partition coefficient (Wildman–Crippen LogP) is 2.01. The predicted molar refractivity (Wildman–Crippen MR) is 57.0 cm³/mol. The minimum absolute atomic E-state index is 0.146. The Balaban J connectivity index is 2.19. The van der Waals surface area contributed by atoms with Gasteiger partial charge in [-0.3, -0.25) is 0 Å². The molecule has 1 aliphatic carbocycles. The summed E-state index contributed by atoms with van der Waals surface area (Å²) in [5.74, 6) is -0.156. The van der Waals surface area contributed by atoms with Crippen LogP contribution in [0.15, 0.2) is 18.2 Å². The summed E-state index contributed by atoms with van der Waals surface area (Å²) in [5, 5.41) is 0. The van der Waals surface area contributed by atoms with E-state index in [0.29, 0.717) is 24.2 Å². The minimum atomic E-state index is -0.156. The second kappa shape index (κ2) is 3.91. The van der Waals surface area contributed by atoms with Crippen LogP contribution >= 0.6 is 0 Å². The smallest absolute Gasteiger partial charge is 0.131 e. The highest BCUT2D eigenvalue weighted by Gasteiger charge is 2.38. The van der Waals surface area contributed by atoms with Gasteiger partial charge >= 0.3 is 0 Å². The monoisotopic (exact) mass is 209 g/mol. The number of benzene rings is 1. The molecule has 1 aromatic rings. The van der Waals surface area contributed by atoms with Crippen molar-refractivity contribution in [1.82, 2.24) is 0 Å². The molecule has 1 fully saturated rings. The number of halogens is 1. The van der Waals surface area contributed by atoms with Crippen molar-refractivity contribution in [1.29, 1.82) is 0 Å². The van der Waals surface area contributed by atoms with Crippen LogP contribution in [0.5, 0.6) is 0 Å². The van der Waals surface area contributed by atoms with Gasteiger partial charge in [0.05, 0.1) is 6.61 Å². The van der Waals surface area contributed by atoms with E-state index >= 15 is 0 Å². The van der Waals surface area contributed by atoms with Gasteiger partial charge in [-0.2, -0.15) is 0 Å². The van der Waals surface area contributed by atoms with E-state index in [9.17, 15) is 4.39 Å². The van der Waals surface area contributed by atoms with Crippen LogP contribution in [0.2, 0.25) is 0 Å². The second-order valence-electron chi connectivity index (χ2n) is 4.36. The summed E-state index contributed by atoms with van der Waals surface area (Å²) in [6, 6.07) is 5.42. The van der Waals surface area contributed by atoms with Gasteiger partial charge in [0, 0.05) is 18.2 Å². The second-order valence-corrected chi connectivity index (χ2v) is 4.36. The van der Waals surface area contributed by atoms with Crippen molar-refractivity contribution in [3.8, 4) is 0 Å². The van der Waals surface area contributed by atoms with Crippen molar-refractivity contribution in [2.75, 3.05) is 7.11 Å². The average Bonchev–Trinajstić information content (AvgIpc) is 2.91. The van der Waals surface area contributed by atoms with Gasteiger partial charge in [0.25, 0.3) is 0 Å². The zero-order valence-corrected chi connectivity index (χ0v) is 8.92. The first-order chi connectivity index (χ1) is 7.14. The topological polar surface area (TPSA) is 35.2 Å². The molecule has 0 heterocycles. The van der Waals surface area contributed by atoms with Crippen LogP contribution in [-0.4, -0.2) is 12.6 Å². The summed E-state index contributed by atoms with van der Waals surface area (Å²) in [6.45, 7) is 0.317. The molecule has 0 radical (unpaired) electrons. The molecule has 2 nitrogen and oxygen atoms in total. The first-order valence-electron chi connectivity index (χ1n) is 5.19. The van der Waals surface area contributed by atoms with E-state index in [1.54, 1.807) is 19.2 Å². The SMILES string of the molecule is COCc1cccc(CC2(N)CC2)c1F. The van der Waals surface area contributed by atoms with E-state index in [2.05, 4.69) is 0 Å². The third kappa shape index (κ3) is 2.36. The molecule has 0 aromatic heterocycles. The van der Waals surface area contributed by atoms with Gasteiger partial charge in [-0.05, 0) is 24.8 Å². The lowest BCUT2D eigenvalue weighted by molar-refractivity contribution is 0.181. The standard InChI is InChI=1S/C12H16FNO/c1-15-8-10-4-2-3-9(11(10)13)7-12(14)5-6-12/h2-4H,5-8,14H2,1H3. The van der Waals surface area contributed by atoms with Crippen molar-refractivity contribution in [3.63, 3.8) is 0 Å². The summed E-state index contributed by atoms with van der Waals surface area (Å²) in [7, 11) is 1.57. The molecule has 3 heteroatoms. The number of rotatable bonds is 4. The third-order valence-corrected chi connectivity index (χ3v) is 2.89. The molecule has 0 atom stereocenters. The summed E-state index contributed by atoms with van der Waals surface area (Å²) in [6.07, 6.45) is 2.64. The minimum Gasteiger partial charge on any atom is -0.380 e. The van der Waals surface area contributed by atoms with Crippen molar-refractivity contribution >= 4 is 0 Å². The van der Waals surface area contributed by atoms with E-state index in [1.807, 2.05) is 6.07 Å². The first-order valence-corrected chi connectivity index (χ1v) is 5.19. The van der Waals surface area contributed by atoms with Crippen molar-refractivity contribution < 1.29 is 9.13 Å². The number of hydrogen-bond acceptors (Lipinski definition) is 2. The quantitative estimate of drug-likeness (QED) is 0.823.